The van der Waals surface area contributed by atoms with Crippen molar-refractivity contribution >= 4 is 11.8 Å². The molecule has 0 atom stereocenters. The van der Waals surface area contributed by atoms with Crippen LogP contribution < -0.4 is 4.90 Å². The van der Waals surface area contributed by atoms with Crippen LogP contribution in [0.15, 0.2) is 48.5 Å². The van der Waals surface area contributed by atoms with Crippen molar-refractivity contribution in [2.75, 3.05) is 11.4 Å². The van der Waals surface area contributed by atoms with Crippen LogP contribution in [-0.4, -0.2) is 12.6 Å². The number of nitrogens with zero attached hydrogens (tertiary/aromatic N) is 2. The van der Waals surface area contributed by atoms with Gasteiger partial charge < -0.3 is 4.74 Å². The molecule has 0 aromatic heterocycles. The Hall–Kier alpha value is -2.80. The summed E-state index contributed by atoms with van der Waals surface area (Å²) in [6.07, 6.45) is 0.425. The fourth-order valence-corrected chi connectivity index (χ4v) is 2.44. The number of fused-ring (bicyclic) bond motifs is 1. The lowest BCUT2D eigenvalue weighted by atomic mass is 10.1. The molecule has 3 rings (SSSR count). The van der Waals surface area contributed by atoms with E-state index in [9.17, 15) is 4.79 Å². The van der Waals surface area contributed by atoms with E-state index in [1.54, 1.807) is 17.0 Å². The normalized spacial score (nSPS) is 12.6. The van der Waals surface area contributed by atoms with Crippen LogP contribution in [0.4, 0.5) is 10.5 Å². The van der Waals surface area contributed by atoms with Crippen molar-refractivity contribution in [3.63, 3.8) is 0 Å². The molecule has 0 saturated carbocycles. The summed E-state index contributed by atoms with van der Waals surface area (Å²) in [5.41, 5.74) is 3.37. The number of ether oxygens (including phenoxy) is 1. The Morgan fingerprint density at radius 3 is 2.81 bits per heavy atom. The van der Waals surface area contributed by atoms with Gasteiger partial charge in [-0.2, -0.15) is 5.26 Å². The number of amides is 1. The van der Waals surface area contributed by atoms with Crippen LogP contribution in [0.3, 0.4) is 0 Å². The molecule has 1 amide bonds. The maximum Gasteiger partial charge on any atom is 0.414 e. The molecule has 2 aromatic rings. The van der Waals surface area contributed by atoms with Gasteiger partial charge in [0.2, 0.25) is 0 Å². The van der Waals surface area contributed by atoms with Crippen LogP contribution >= 0.6 is 0 Å². The molecule has 21 heavy (non-hydrogen) atoms. The van der Waals surface area contributed by atoms with Crippen LogP contribution in [-0.2, 0) is 17.8 Å². The molecule has 0 N–H and O–H groups in total. The molecule has 4 heteroatoms. The number of nitriles is 1. The molecule has 0 unspecified atom stereocenters. The van der Waals surface area contributed by atoms with Crippen molar-refractivity contribution in [2.24, 2.45) is 0 Å². The van der Waals surface area contributed by atoms with Crippen LogP contribution in [0.5, 0.6) is 0 Å². The lowest BCUT2D eigenvalue weighted by Gasteiger charge is -2.17. The second-order valence-corrected chi connectivity index (χ2v) is 4.90. The predicted molar refractivity (Wildman–Crippen MR) is 78.8 cm³/mol. The summed E-state index contributed by atoms with van der Waals surface area (Å²) in [5, 5.41) is 8.96. The maximum atomic E-state index is 12.2. The minimum Gasteiger partial charge on any atom is -0.444 e. The quantitative estimate of drug-likeness (QED) is 0.847. The standard InChI is InChI=1S/C17H14N2O2/c18-11-14-6-7-15-8-9-19(16(15)10-14)17(20)21-12-13-4-2-1-3-5-13/h1-7,10H,8-9,12H2. The third kappa shape index (κ3) is 2.72. The number of anilines is 1. The molecule has 2 aromatic carbocycles. The van der Waals surface area contributed by atoms with E-state index in [1.807, 2.05) is 36.4 Å². The highest BCUT2D eigenvalue weighted by molar-refractivity contribution is 5.90. The van der Waals surface area contributed by atoms with Crippen molar-refractivity contribution in [3.8, 4) is 6.07 Å². The third-order valence-electron chi connectivity index (χ3n) is 3.54. The van der Waals surface area contributed by atoms with Gasteiger partial charge in [0.05, 0.1) is 17.3 Å². The lowest BCUT2D eigenvalue weighted by Crippen LogP contribution is -2.29. The fraction of sp³-hybridized carbons (Fsp3) is 0.176. The van der Waals surface area contributed by atoms with Gasteiger partial charge in [0, 0.05) is 6.54 Å². The molecule has 0 saturated heterocycles. The topological polar surface area (TPSA) is 53.3 Å². The van der Waals surface area contributed by atoms with E-state index in [-0.39, 0.29) is 12.7 Å². The van der Waals surface area contributed by atoms with Gasteiger partial charge >= 0.3 is 6.09 Å². The smallest absolute Gasteiger partial charge is 0.414 e. The minimum absolute atomic E-state index is 0.253. The van der Waals surface area contributed by atoms with E-state index in [1.165, 1.54) is 0 Å². The van der Waals surface area contributed by atoms with Crippen LogP contribution in [0.25, 0.3) is 0 Å². The summed E-state index contributed by atoms with van der Waals surface area (Å²) < 4.78 is 5.35. The molecule has 0 fully saturated rings. The zero-order valence-corrected chi connectivity index (χ0v) is 11.5. The van der Waals surface area contributed by atoms with E-state index >= 15 is 0 Å². The molecule has 4 nitrogen and oxygen atoms in total. The number of carbonyl (C=O) groups excluding carboxylic acids is 1. The number of rotatable bonds is 2. The number of hydrogen-bond acceptors (Lipinski definition) is 3. The average molecular weight is 278 g/mol. The molecule has 1 aliphatic rings. The Kier molecular flexibility index (Phi) is 3.57. The molecule has 1 aliphatic heterocycles. The van der Waals surface area contributed by atoms with E-state index in [2.05, 4.69) is 6.07 Å². The Labute approximate surface area is 123 Å². The molecular weight excluding hydrogens is 264 g/mol. The summed E-state index contributed by atoms with van der Waals surface area (Å²) in [5.74, 6) is 0. The Morgan fingerprint density at radius 1 is 1.24 bits per heavy atom. The highest BCUT2D eigenvalue weighted by Gasteiger charge is 2.26. The molecule has 1 heterocycles. The number of benzene rings is 2. The second-order valence-electron chi connectivity index (χ2n) is 4.90. The summed E-state index contributed by atoms with van der Waals surface area (Å²) in [7, 11) is 0. The van der Waals surface area contributed by atoms with Gasteiger partial charge in [0.15, 0.2) is 0 Å². The van der Waals surface area contributed by atoms with Crippen molar-refractivity contribution in [1.29, 1.82) is 5.26 Å². The zero-order valence-electron chi connectivity index (χ0n) is 11.5. The molecule has 0 spiro atoms. The van der Waals surface area contributed by atoms with E-state index in [4.69, 9.17) is 10.00 Å². The first-order valence-corrected chi connectivity index (χ1v) is 6.79. The predicted octanol–water partition coefficient (Wildman–Crippen LogP) is 3.26. The van der Waals surface area contributed by atoms with Crippen LogP contribution in [0.2, 0.25) is 0 Å². The number of hydrogen-bond donors (Lipinski definition) is 0. The van der Waals surface area contributed by atoms with Gasteiger partial charge in [0.1, 0.15) is 6.61 Å². The van der Waals surface area contributed by atoms with Gasteiger partial charge in [-0.1, -0.05) is 36.4 Å². The monoisotopic (exact) mass is 278 g/mol. The van der Waals surface area contributed by atoms with E-state index in [0.717, 1.165) is 23.2 Å². The summed E-state index contributed by atoms with van der Waals surface area (Å²) in [6.45, 7) is 0.848. The third-order valence-corrected chi connectivity index (χ3v) is 3.54. The first-order chi connectivity index (χ1) is 10.3. The average Bonchev–Trinajstić information content (AvgIpc) is 2.96. The molecular formula is C17H14N2O2. The highest BCUT2D eigenvalue weighted by atomic mass is 16.6. The summed E-state index contributed by atoms with van der Waals surface area (Å²) >= 11 is 0. The highest BCUT2D eigenvalue weighted by Crippen LogP contribution is 2.29. The van der Waals surface area contributed by atoms with Crippen molar-refractivity contribution in [1.82, 2.24) is 0 Å². The number of carbonyl (C=O) groups is 1. The molecule has 0 radical (unpaired) electrons. The first-order valence-electron chi connectivity index (χ1n) is 6.79. The maximum absolute atomic E-state index is 12.2. The van der Waals surface area contributed by atoms with Crippen LogP contribution in [0, 0.1) is 11.3 Å². The van der Waals surface area contributed by atoms with E-state index < -0.39 is 0 Å². The minimum atomic E-state index is -0.368. The second kappa shape index (κ2) is 5.68. The first kappa shape index (κ1) is 13.2. The van der Waals surface area contributed by atoms with Gasteiger partial charge in [-0.15, -0.1) is 0 Å². The van der Waals surface area contributed by atoms with Gasteiger partial charge in [-0.05, 0) is 29.7 Å². The van der Waals surface area contributed by atoms with Gasteiger partial charge in [-0.25, -0.2) is 4.79 Å². The Bertz CT molecular complexity index is 704. The fourth-order valence-electron chi connectivity index (χ4n) is 2.44. The van der Waals surface area contributed by atoms with Gasteiger partial charge in [0.25, 0.3) is 0 Å². The van der Waals surface area contributed by atoms with Gasteiger partial charge in [-0.3, -0.25) is 4.90 Å². The molecule has 0 bridgehead atoms. The Morgan fingerprint density at radius 2 is 2.05 bits per heavy atom. The zero-order chi connectivity index (χ0) is 14.7. The Balaban J connectivity index is 1.72. The van der Waals surface area contributed by atoms with Crippen molar-refractivity contribution in [2.45, 2.75) is 13.0 Å². The summed E-state index contributed by atoms with van der Waals surface area (Å²) in [4.78, 5) is 13.8. The summed E-state index contributed by atoms with van der Waals surface area (Å²) in [6, 6.07) is 17.1. The van der Waals surface area contributed by atoms with E-state index in [0.29, 0.717) is 12.1 Å². The van der Waals surface area contributed by atoms with Crippen LogP contribution in [0.1, 0.15) is 16.7 Å². The molecule has 104 valence electrons. The SMILES string of the molecule is N#Cc1ccc2c(c1)N(C(=O)OCc1ccccc1)CC2. The van der Waals surface area contributed by atoms with Crippen molar-refractivity contribution < 1.29 is 9.53 Å². The largest absolute Gasteiger partial charge is 0.444 e. The van der Waals surface area contributed by atoms with Crippen molar-refractivity contribution in [3.05, 3.63) is 65.2 Å². The molecule has 0 aliphatic carbocycles. The lowest BCUT2D eigenvalue weighted by molar-refractivity contribution is 0.147.